The SMILES string of the molecule is Cc1ccc(C(=O)N(C)c2ccc(C(Cc3ccccc3F)c3nc4c([nH]3)c(=O)[nH]c(=O)n4CC3CC3)cc2)cn1. The fourth-order valence-corrected chi connectivity index (χ4v) is 5.04. The summed E-state index contributed by atoms with van der Waals surface area (Å²) in [5, 5.41) is 0. The van der Waals surface area contributed by atoms with Crippen molar-refractivity contribution in [3.8, 4) is 0 Å². The summed E-state index contributed by atoms with van der Waals surface area (Å²) >= 11 is 0. The molecule has 10 heteroatoms. The van der Waals surface area contributed by atoms with E-state index in [0.29, 0.717) is 40.7 Å². The quantitative estimate of drug-likeness (QED) is 0.298. The molecule has 2 aromatic carbocycles. The highest BCUT2D eigenvalue weighted by molar-refractivity contribution is 6.05. The smallest absolute Gasteiger partial charge is 0.330 e. The minimum atomic E-state index is -0.540. The number of pyridine rings is 1. The third kappa shape index (κ3) is 5.32. The molecular weight excluding hydrogens is 523 g/mol. The van der Waals surface area contributed by atoms with Crippen molar-refractivity contribution in [3.63, 3.8) is 0 Å². The lowest BCUT2D eigenvalue weighted by Gasteiger charge is -2.20. The number of aryl methyl sites for hydroxylation is 1. The molecule has 2 N–H and O–H groups in total. The summed E-state index contributed by atoms with van der Waals surface area (Å²) in [6.45, 7) is 2.35. The third-order valence-electron chi connectivity index (χ3n) is 7.65. The van der Waals surface area contributed by atoms with Gasteiger partial charge in [-0.1, -0.05) is 30.3 Å². The normalized spacial score (nSPS) is 13.8. The topological polar surface area (TPSA) is 117 Å². The number of nitrogens with zero attached hydrogens (tertiary/aromatic N) is 4. The van der Waals surface area contributed by atoms with E-state index in [1.54, 1.807) is 48.5 Å². The molecule has 6 rings (SSSR count). The van der Waals surface area contributed by atoms with E-state index in [4.69, 9.17) is 4.98 Å². The summed E-state index contributed by atoms with van der Waals surface area (Å²) < 4.78 is 16.3. The van der Waals surface area contributed by atoms with Gasteiger partial charge in [0, 0.05) is 37.1 Å². The number of carbonyl (C=O) groups is 1. The minimum absolute atomic E-state index is 0.196. The van der Waals surface area contributed by atoms with Crippen LogP contribution in [-0.2, 0) is 13.0 Å². The fourth-order valence-electron chi connectivity index (χ4n) is 5.04. The second-order valence-corrected chi connectivity index (χ2v) is 10.6. The number of carbonyl (C=O) groups excluding carboxylic acids is 1. The first kappa shape index (κ1) is 26.4. The van der Waals surface area contributed by atoms with E-state index in [1.165, 1.54) is 10.6 Å². The van der Waals surface area contributed by atoms with Crippen molar-refractivity contribution in [2.75, 3.05) is 11.9 Å². The van der Waals surface area contributed by atoms with Gasteiger partial charge in [0.2, 0.25) is 0 Å². The Hall–Kier alpha value is -4.86. The van der Waals surface area contributed by atoms with Crippen LogP contribution in [0.4, 0.5) is 10.1 Å². The number of imidazole rings is 1. The number of amides is 1. The van der Waals surface area contributed by atoms with Gasteiger partial charge in [-0.2, -0.15) is 0 Å². The first-order chi connectivity index (χ1) is 19.8. The lowest BCUT2D eigenvalue weighted by molar-refractivity contribution is 0.0992. The molecule has 1 aliphatic rings. The van der Waals surface area contributed by atoms with Crippen molar-refractivity contribution >= 4 is 22.8 Å². The first-order valence-electron chi connectivity index (χ1n) is 13.6. The summed E-state index contributed by atoms with van der Waals surface area (Å²) in [7, 11) is 1.69. The zero-order valence-corrected chi connectivity index (χ0v) is 22.7. The van der Waals surface area contributed by atoms with Crippen LogP contribution in [0.25, 0.3) is 11.2 Å². The van der Waals surface area contributed by atoms with E-state index in [-0.39, 0.29) is 23.7 Å². The molecule has 0 bridgehead atoms. The molecule has 1 saturated carbocycles. The summed E-state index contributed by atoms with van der Waals surface area (Å²) in [6.07, 6.45) is 3.88. The van der Waals surface area contributed by atoms with Crippen LogP contribution in [0.15, 0.2) is 76.4 Å². The Morgan fingerprint density at radius 2 is 1.83 bits per heavy atom. The molecule has 0 radical (unpaired) electrons. The zero-order chi connectivity index (χ0) is 28.7. The van der Waals surface area contributed by atoms with Crippen molar-refractivity contribution in [1.29, 1.82) is 0 Å². The number of H-pyrrole nitrogens is 2. The van der Waals surface area contributed by atoms with Gasteiger partial charge in [0.25, 0.3) is 11.5 Å². The fraction of sp³-hybridized carbons (Fsp3) is 0.258. The molecule has 3 aromatic heterocycles. The van der Waals surface area contributed by atoms with E-state index in [9.17, 15) is 18.8 Å². The Morgan fingerprint density at radius 1 is 1.07 bits per heavy atom. The van der Waals surface area contributed by atoms with Crippen molar-refractivity contribution in [1.82, 2.24) is 24.5 Å². The molecule has 0 aliphatic heterocycles. The summed E-state index contributed by atoms with van der Waals surface area (Å²) in [5.74, 6) is -0.158. The Labute approximate surface area is 234 Å². The van der Waals surface area contributed by atoms with E-state index in [2.05, 4.69) is 15.0 Å². The van der Waals surface area contributed by atoms with Gasteiger partial charge in [-0.3, -0.25) is 24.1 Å². The zero-order valence-electron chi connectivity index (χ0n) is 22.7. The molecule has 1 fully saturated rings. The number of hydrogen-bond donors (Lipinski definition) is 2. The average Bonchev–Trinajstić information content (AvgIpc) is 3.69. The predicted octanol–water partition coefficient (Wildman–Crippen LogP) is 4.32. The number of nitrogens with one attached hydrogen (secondary N) is 2. The van der Waals surface area contributed by atoms with Gasteiger partial charge in [0.05, 0.1) is 5.56 Å². The number of hydrogen-bond acceptors (Lipinski definition) is 5. The Kier molecular flexibility index (Phi) is 6.82. The maximum absolute atomic E-state index is 14.8. The standard InChI is InChI=1S/C31H29FN6O3/c1-18-7-10-22(16-33-18)30(40)37(2)23-13-11-20(12-14-23)24(15-21-5-3-4-6-25(21)32)27-34-26-28(35-27)38(17-19-8-9-19)31(41)36-29(26)39/h3-7,10-14,16,19,24H,8-9,15,17H2,1-2H3,(H,34,35)(H,36,39,41). The number of halogens is 1. The van der Waals surface area contributed by atoms with Crippen LogP contribution in [0.5, 0.6) is 0 Å². The number of aromatic nitrogens is 5. The molecule has 0 spiro atoms. The summed E-state index contributed by atoms with van der Waals surface area (Å²) in [6, 6.07) is 17.4. The van der Waals surface area contributed by atoms with Gasteiger partial charge in [0.1, 0.15) is 17.2 Å². The maximum Gasteiger partial charge on any atom is 0.330 e. The lowest BCUT2D eigenvalue weighted by atomic mass is 9.91. The first-order valence-corrected chi connectivity index (χ1v) is 13.6. The molecule has 208 valence electrons. The number of fused-ring (bicyclic) bond motifs is 1. The number of benzene rings is 2. The molecule has 1 unspecified atom stereocenters. The van der Waals surface area contributed by atoms with E-state index in [1.807, 2.05) is 31.2 Å². The van der Waals surface area contributed by atoms with Crippen molar-refractivity contribution in [2.45, 2.75) is 38.6 Å². The molecule has 1 amide bonds. The van der Waals surface area contributed by atoms with Crippen LogP contribution in [0.3, 0.4) is 0 Å². The monoisotopic (exact) mass is 552 g/mol. The van der Waals surface area contributed by atoms with Crippen molar-refractivity contribution in [3.05, 3.63) is 122 Å². The molecule has 5 aromatic rings. The highest BCUT2D eigenvalue weighted by atomic mass is 19.1. The summed E-state index contributed by atoms with van der Waals surface area (Å²) in [5.41, 5.74) is 2.76. The molecule has 41 heavy (non-hydrogen) atoms. The van der Waals surface area contributed by atoms with Gasteiger partial charge in [0.15, 0.2) is 5.65 Å². The third-order valence-corrected chi connectivity index (χ3v) is 7.65. The molecule has 1 aliphatic carbocycles. The highest BCUT2D eigenvalue weighted by Gasteiger charge is 2.27. The van der Waals surface area contributed by atoms with Crippen LogP contribution < -0.4 is 16.1 Å². The Bertz CT molecular complexity index is 1850. The number of rotatable bonds is 8. The minimum Gasteiger partial charge on any atom is -0.336 e. The van der Waals surface area contributed by atoms with Crippen LogP contribution >= 0.6 is 0 Å². The van der Waals surface area contributed by atoms with Crippen LogP contribution in [0.2, 0.25) is 0 Å². The van der Waals surface area contributed by atoms with Crippen LogP contribution in [-0.4, -0.2) is 37.5 Å². The number of anilines is 1. The van der Waals surface area contributed by atoms with Crippen molar-refractivity contribution in [2.24, 2.45) is 5.92 Å². The van der Waals surface area contributed by atoms with Gasteiger partial charge >= 0.3 is 5.69 Å². The highest BCUT2D eigenvalue weighted by Crippen LogP contribution is 2.32. The molecule has 0 saturated heterocycles. The van der Waals surface area contributed by atoms with Crippen LogP contribution in [0, 0.1) is 18.7 Å². The Balaban J connectivity index is 1.38. The van der Waals surface area contributed by atoms with Crippen LogP contribution in [0.1, 0.15) is 51.8 Å². The summed E-state index contributed by atoms with van der Waals surface area (Å²) in [4.78, 5) is 54.4. The van der Waals surface area contributed by atoms with Gasteiger partial charge < -0.3 is 9.88 Å². The molecular formula is C31H29FN6O3. The second-order valence-electron chi connectivity index (χ2n) is 10.6. The molecule has 3 heterocycles. The maximum atomic E-state index is 14.8. The van der Waals surface area contributed by atoms with Gasteiger partial charge in [-0.25, -0.2) is 14.2 Å². The van der Waals surface area contributed by atoms with Gasteiger partial charge in [-0.15, -0.1) is 0 Å². The van der Waals surface area contributed by atoms with Crippen molar-refractivity contribution < 1.29 is 9.18 Å². The predicted molar refractivity (Wildman–Crippen MR) is 154 cm³/mol. The largest absolute Gasteiger partial charge is 0.336 e. The Morgan fingerprint density at radius 3 is 2.51 bits per heavy atom. The van der Waals surface area contributed by atoms with Gasteiger partial charge in [-0.05, 0) is 73.6 Å². The molecule has 1 atom stereocenters. The van der Waals surface area contributed by atoms with E-state index >= 15 is 0 Å². The van der Waals surface area contributed by atoms with E-state index in [0.717, 1.165) is 24.1 Å². The van der Waals surface area contributed by atoms with E-state index < -0.39 is 17.2 Å². The molecule has 9 nitrogen and oxygen atoms in total. The number of aromatic amines is 2. The second kappa shape index (κ2) is 10.6. The lowest BCUT2D eigenvalue weighted by Crippen LogP contribution is -2.30. The average molecular weight is 553 g/mol.